The van der Waals surface area contributed by atoms with Crippen LogP contribution in [0, 0.1) is 34.9 Å². The van der Waals surface area contributed by atoms with Crippen LogP contribution in [0.1, 0.15) is 57.4 Å². The van der Waals surface area contributed by atoms with Gasteiger partial charge >= 0.3 is 29.6 Å². The minimum atomic E-state index is -1.61. The molecule has 0 bridgehead atoms. The van der Waals surface area contributed by atoms with Gasteiger partial charge in [-0.25, -0.2) is 26.3 Å². The number of nitrogens with zero attached hydrogens (tertiary/aromatic N) is 4. The number of rotatable bonds is 12. The molecule has 0 aromatic heterocycles. The molecule has 17 nitrogen and oxygen atoms in total. The second-order valence-corrected chi connectivity index (χ2v) is 17.7. The first-order valence-corrected chi connectivity index (χ1v) is 25.1. The molecule has 2 aliphatic heterocycles. The number of halogens is 7. The van der Waals surface area contributed by atoms with Crippen molar-refractivity contribution in [2.24, 2.45) is 5.73 Å². The molecule has 2 aliphatic rings. The van der Waals surface area contributed by atoms with Crippen molar-refractivity contribution in [2.45, 2.75) is 27.3 Å². The third-order valence-electron chi connectivity index (χ3n) is 11.7. The van der Waals surface area contributed by atoms with Gasteiger partial charge in [-0.1, -0.05) is 109 Å². The molecule has 8 rings (SSSR count). The Hall–Kier alpha value is -7.87. The van der Waals surface area contributed by atoms with Crippen LogP contribution >= 0.6 is 12.4 Å². The van der Waals surface area contributed by atoms with E-state index in [0.29, 0.717) is 70.2 Å². The maximum absolute atomic E-state index is 13.4. The smallest absolute Gasteiger partial charge is 0.702 e. The monoisotopic (exact) mass is 1200 g/mol. The number of aliphatic carboxylic acids is 1. The summed E-state index contributed by atoms with van der Waals surface area (Å²) in [7, 11) is 0.699. The largest absolute Gasteiger partial charge is 1.00 e. The van der Waals surface area contributed by atoms with E-state index in [9.17, 15) is 59.9 Å². The average Bonchev–Trinajstić information content (AvgIpc) is 3.68. The summed E-state index contributed by atoms with van der Waals surface area (Å²) in [5, 5.41) is 10.6. The molecule has 0 aliphatic carbocycles. The van der Waals surface area contributed by atoms with Crippen molar-refractivity contribution < 1.29 is 109 Å². The SMILES string of the molecule is CC(=O)O.CC(=O)O[B-]OC(C)=O.Cl.NCC(=O)N1CCN(C(=O)c2cc(F)c(F)c(F)c2)CC1.O=C(CNCc1ccc(-c2ccccc2)cc1)N1CCN(C(=O)c2cc(F)c(F)c(F)c2)CC1.O=Cc1ccc(-c2ccccc2)cc1.[Na+]. The van der Waals surface area contributed by atoms with Crippen molar-refractivity contribution in [3.63, 3.8) is 0 Å². The minimum Gasteiger partial charge on any atom is -0.702 e. The molecule has 0 atom stereocenters. The number of hydrogen-bond acceptors (Lipinski definition) is 12. The van der Waals surface area contributed by atoms with Gasteiger partial charge in [0, 0.05) is 96.4 Å². The zero-order valence-electron chi connectivity index (χ0n) is 46.2. The van der Waals surface area contributed by atoms with Crippen molar-refractivity contribution >= 4 is 67.9 Å². The first kappa shape index (κ1) is 72.2. The van der Waals surface area contributed by atoms with Crippen LogP contribution in [-0.2, 0) is 39.8 Å². The van der Waals surface area contributed by atoms with Gasteiger partial charge in [-0.05, 0) is 52.1 Å². The van der Waals surface area contributed by atoms with Gasteiger partial charge in [0.05, 0.1) is 13.1 Å². The van der Waals surface area contributed by atoms with Gasteiger partial charge in [-0.3, -0.25) is 38.4 Å². The van der Waals surface area contributed by atoms with Crippen molar-refractivity contribution in [1.82, 2.24) is 24.9 Å². The van der Waals surface area contributed by atoms with Crippen molar-refractivity contribution in [2.75, 3.05) is 65.4 Å². The van der Waals surface area contributed by atoms with E-state index in [2.05, 4.69) is 38.9 Å². The van der Waals surface area contributed by atoms with Gasteiger partial charge in [0.25, 0.3) is 29.7 Å². The summed E-state index contributed by atoms with van der Waals surface area (Å²) in [6.07, 6.45) is 0.856. The summed E-state index contributed by atoms with van der Waals surface area (Å²) in [4.78, 5) is 93.8. The Morgan fingerprint density at radius 3 is 1.19 bits per heavy atom. The standard InChI is InChI=1S/C26H24F3N3O2.C13H14F3N3O2.C13H10O.C4H6BO4.C2H4O2.ClH.Na/c27-22-14-21(15-23(28)25(22)29)26(34)32-12-10-31(11-13-32)24(33)17-30-16-18-6-8-20(9-7-18)19-4-2-1-3-5-19;14-9-5-8(6-10(15)12(9)16)13(21)19-3-1-18(2-4-19)11(20)7-17;14-10-11-6-8-13(9-7-11)12-4-2-1-3-5-12;1-3(6)8-5-9-4(2)7;1-2(3)4;;/h1-9,14-15,30H,10-13,16-17H2;5-6H,1-4,7,17H2;1-10H;1-2H3;1H3,(H,3,4);1H;/q;;;-1;;;+1. The van der Waals surface area contributed by atoms with E-state index in [4.69, 9.17) is 15.6 Å². The van der Waals surface area contributed by atoms with Crippen LogP contribution in [0.5, 0.6) is 0 Å². The molecule has 84 heavy (non-hydrogen) atoms. The molecular weight excluding hydrogens is 1140 g/mol. The fourth-order valence-corrected chi connectivity index (χ4v) is 7.59. The van der Waals surface area contributed by atoms with Crippen LogP contribution in [0.2, 0.25) is 0 Å². The number of carboxylic acids is 1. The molecule has 0 saturated carbocycles. The Morgan fingerprint density at radius 2 is 0.857 bits per heavy atom. The number of carboxylic acid groups (broad SMARTS) is 1. The van der Waals surface area contributed by atoms with Crippen molar-refractivity contribution in [3.05, 3.63) is 191 Å². The third-order valence-corrected chi connectivity index (χ3v) is 11.7. The quantitative estimate of drug-likeness (QED) is 0.0664. The zero-order chi connectivity index (χ0) is 60.3. The maximum Gasteiger partial charge on any atom is 1.00 e. The van der Waals surface area contributed by atoms with Crippen LogP contribution in [0.3, 0.4) is 0 Å². The van der Waals surface area contributed by atoms with Gasteiger partial charge in [0.15, 0.2) is 34.9 Å². The topological polar surface area (TPSA) is 226 Å². The number of aldehydes is 1. The van der Waals surface area contributed by atoms with E-state index in [-0.39, 0.29) is 104 Å². The molecule has 440 valence electrons. The van der Waals surface area contributed by atoms with Crippen molar-refractivity contribution in [3.8, 4) is 22.3 Å². The van der Waals surface area contributed by atoms with Crippen LogP contribution in [-0.4, -0.2) is 146 Å². The van der Waals surface area contributed by atoms with Gasteiger partial charge in [0.1, 0.15) is 14.0 Å². The predicted molar refractivity (Wildman–Crippen MR) is 297 cm³/mol. The fraction of sp³-hybridized carbons (Fsp3) is 0.241. The van der Waals surface area contributed by atoms with E-state index in [1.807, 2.05) is 84.9 Å². The maximum atomic E-state index is 13.4. The molecule has 2 radical (unpaired) electrons. The summed E-state index contributed by atoms with van der Waals surface area (Å²) >= 11 is 0. The number of benzene rings is 6. The minimum absolute atomic E-state index is 0. The van der Waals surface area contributed by atoms with E-state index >= 15 is 0 Å². The Bertz CT molecular complexity index is 3070. The molecule has 6 aromatic rings. The number of carbonyl (C=O) groups excluding carboxylic acids is 7. The normalized spacial score (nSPS) is 12.2. The number of hydrogen-bond donors (Lipinski definition) is 3. The Balaban J connectivity index is 0.000000410. The molecule has 4 amide bonds. The third kappa shape index (κ3) is 24.2. The fourth-order valence-electron chi connectivity index (χ4n) is 7.59. The molecule has 0 unspecified atom stereocenters. The van der Waals surface area contributed by atoms with E-state index < -0.39 is 64.6 Å². The molecule has 2 saturated heterocycles. The molecule has 2 heterocycles. The molecule has 26 heteroatoms. The first-order chi connectivity index (χ1) is 39.1. The van der Waals surface area contributed by atoms with E-state index in [1.165, 1.54) is 34.1 Å². The van der Waals surface area contributed by atoms with Crippen LogP contribution in [0.4, 0.5) is 26.3 Å². The summed E-state index contributed by atoms with van der Waals surface area (Å²) < 4.78 is 87.4. The van der Waals surface area contributed by atoms with Gasteiger partial charge < -0.3 is 45.1 Å². The average molecular weight is 1200 g/mol. The first-order valence-electron chi connectivity index (χ1n) is 25.1. The number of nitrogens with two attached hydrogens (primary N) is 1. The predicted octanol–water partition coefficient (Wildman–Crippen LogP) is 4.52. The molecule has 4 N–H and O–H groups in total. The Kier molecular flexibility index (Phi) is 32.1. The molecule has 2 fully saturated rings. The Labute approximate surface area is 510 Å². The summed E-state index contributed by atoms with van der Waals surface area (Å²) in [6.45, 7) is 6.22. The summed E-state index contributed by atoms with van der Waals surface area (Å²) in [5.74, 6) is -12.2. The number of amides is 4. The van der Waals surface area contributed by atoms with Gasteiger partial charge in [-0.15, -0.1) is 12.4 Å². The number of piperazine rings is 2. The Morgan fingerprint density at radius 1 is 0.536 bits per heavy atom. The zero-order valence-corrected chi connectivity index (χ0v) is 49.0. The van der Waals surface area contributed by atoms with Crippen molar-refractivity contribution in [1.29, 1.82) is 0 Å². The van der Waals surface area contributed by atoms with Crippen LogP contribution in [0.15, 0.2) is 133 Å². The van der Waals surface area contributed by atoms with Gasteiger partial charge in [-0.2, -0.15) is 0 Å². The number of carbonyl (C=O) groups is 8. The summed E-state index contributed by atoms with van der Waals surface area (Å²) in [6, 6.07) is 38.6. The van der Waals surface area contributed by atoms with Crippen LogP contribution in [0.25, 0.3) is 22.3 Å². The summed E-state index contributed by atoms with van der Waals surface area (Å²) in [5.41, 5.74) is 11.1. The van der Waals surface area contributed by atoms with E-state index in [1.54, 1.807) is 4.90 Å². The van der Waals surface area contributed by atoms with Gasteiger partial charge in [0.2, 0.25) is 11.8 Å². The van der Waals surface area contributed by atoms with Crippen LogP contribution < -0.4 is 40.6 Å². The molecular formula is C58H59BClF6N6NaO11. The second kappa shape index (κ2) is 37.4. The second-order valence-electron chi connectivity index (χ2n) is 17.7. The number of nitrogens with one attached hydrogen (secondary N) is 1. The van der Waals surface area contributed by atoms with E-state index in [0.717, 1.165) is 35.5 Å². The molecule has 0 spiro atoms. The molecule has 6 aromatic carbocycles.